The molecule has 1 aromatic rings. The Morgan fingerprint density at radius 3 is 2.40 bits per heavy atom. The Labute approximate surface area is 72.7 Å². The van der Waals surface area contributed by atoms with Crippen LogP contribution in [0.25, 0.3) is 0 Å². The topological polar surface area (TPSA) is 32.6 Å². The summed E-state index contributed by atoms with van der Waals surface area (Å²) in [6.07, 6.45) is 1.40. The summed E-state index contributed by atoms with van der Waals surface area (Å²) in [5, 5.41) is 11.1. The van der Waals surface area contributed by atoms with Crippen molar-refractivity contribution >= 4 is 28.8 Å². The maximum Gasteiger partial charge on any atom is 0.0733 e. The van der Waals surface area contributed by atoms with Gasteiger partial charge >= 0.3 is 0 Å². The highest BCUT2D eigenvalue weighted by molar-refractivity contribution is 14.1. The van der Waals surface area contributed by atoms with Crippen molar-refractivity contribution in [3.63, 3.8) is 0 Å². The van der Waals surface area contributed by atoms with E-state index in [0.29, 0.717) is 0 Å². The first-order chi connectivity index (χ1) is 4.83. The van der Waals surface area contributed by atoms with E-state index in [1.807, 2.05) is 24.3 Å². The predicted molar refractivity (Wildman–Crippen MR) is 48.5 cm³/mol. The molecule has 0 saturated heterocycles. The van der Waals surface area contributed by atoms with E-state index < -0.39 is 0 Å². The predicted octanol–water partition coefficient (Wildman–Crippen LogP) is 2.10. The van der Waals surface area contributed by atoms with E-state index in [-0.39, 0.29) is 0 Å². The average Bonchev–Trinajstić information content (AvgIpc) is 1.95. The lowest BCUT2D eigenvalue weighted by Gasteiger charge is -1.89. The maximum atomic E-state index is 8.16. The first kappa shape index (κ1) is 7.53. The molecule has 10 heavy (non-hydrogen) atoms. The highest BCUT2D eigenvalue weighted by atomic mass is 127. The molecule has 1 rings (SSSR count). The molecule has 0 radical (unpaired) electrons. The van der Waals surface area contributed by atoms with Crippen molar-refractivity contribution in [1.82, 2.24) is 0 Å². The lowest BCUT2D eigenvalue weighted by molar-refractivity contribution is 0.322. The summed E-state index contributed by atoms with van der Waals surface area (Å²) in [5.41, 5.74) is 0.905. The third kappa shape index (κ3) is 1.98. The quantitative estimate of drug-likeness (QED) is 0.350. The molecule has 3 heteroatoms. The standard InChI is InChI=1S/C7H6INO/c8-7-3-1-6(2-4-7)5-9-10/h1-5,10H. The minimum absolute atomic E-state index is 0.905. The molecule has 0 aliphatic rings. The highest BCUT2D eigenvalue weighted by Crippen LogP contribution is 2.04. The van der Waals surface area contributed by atoms with Gasteiger partial charge in [-0.25, -0.2) is 0 Å². The molecule has 0 unspecified atom stereocenters. The largest absolute Gasteiger partial charge is 0.411 e. The minimum atomic E-state index is 0.905. The zero-order chi connectivity index (χ0) is 7.40. The van der Waals surface area contributed by atoms with Gasteiger partial charge in [-0.1, -0.05) is 17.3 Å². The van der Waals surface area contributed by atoms with E-state index in [4.69, 9.17) is 5.21 Å². The van der Waals surface area contributed by atoms with Crippen LogP contribution in [-0.4, -0.2) is 11.4 Å². The van der Waals surface area contributed by atoms with Crippen molar-refractivity contribution in [3.05, 3.63) is 33.4 Å². The Morgan fingerprint density at radius 2 is 1.90 bits per heavy atom. The fraction of sp³-hybridized carbons (Fsp3) is 0. The summed E-state index contributed by atoms with van der Waals surface area (Å²) in [4.78, 5) is 0. The molecular weight excluding hydrogens is 241 g/mol. The Kier molecular flexibility index (Phi) is 2.68. The van der Waals surface area contributed by atoms with Gasteiger partial charge in [-0.15, -0.1) is 0 Å². The van der Waals surface area contributed by atoms with Crippen molar-refractivity contribution in [2.45, 2.75) is 0 Å². The van der Waals surface area contributed by atoms with Crippen LogP contribution in [0.3, 0.4) is 0 Å². The molecule has 0 fully saturated rings. The summed E-state index contributed by atoms with van der Waals surface area (Å²) in [7, 11) is 0. The van der Waals surface area contributed by atoms with Crippen molar-refractivity contribution in [3.8, 4) is 0 Å². The van der Waals surface area contributed by atoms with Gasteiger partial charge in [0.15, 0.2) is 0 Å². The number of hydrogen-bond donors (Lipinski definition) is 1. The number of benzene rings is 1. The molecule has 0 amide bonds. The third-order valence-corrected chi connectivity index (χ3v) is 1.80. The van der Waals surface area contributed by atoms with E-state index in [0.717, 1.165) is 5.56 Å². The molecular formula is C7H6INO. The van der Waals surface area contributed by atoms with Gasteiger partial charge in [-0.2, -0.15) is 0 Å². The second-order valence-electron chi connectivity index (χ2n) is 1.80. The van der Waals surface area contributed by atoms with E-state index in [1.54, 1.807) is 0 Å². The molecule has 52 valence electrons. The van der Waals surface area contributed by atoms with Crippen molar-refractivity contribution in [2.75, 3.05) is 0 Å². The van der Waals surface area contributed by atoms with Gasteiger partial charge in [0.25, 0.3) is 0 Å². The van der Waals surface area contributed by atoms with Crippen LogP contribution in [0.15, 0.2) is 29.4 Å². The number of nitrogens with zero attached hydrogens (tertiary/aromatic N) is 1. The lowest BCUT2D eigenvalue weighted by Crippen LogP contribution is -1.79. The fourth-order valence-electron chi connectivity index (χ4n) is 0.616. The Bertz CT molecular complexity index is 230. The third-order valence-electron chi connectivity index (χ3n) is 1.08. The SMILES string of the molecule is ON=Cc1ccc(I)cc1. The molecule has 0 spiro atoms. The van der Waals surface area contributed by atoms with E-state index >= 15 is 0 Å². The zero-order valence-corrected chi connectivity index (χ0v) is 7.32. The zero-order valence-electron chi connectivity index (χ0n) is 5.16. The van der Waals surface area contributed by atoms with Gasteiger partial charge in [-0.05, 0) is 40.3 Å². The van der Waals surface area contributed by atoms with Crippen LogP contribution in [0, 0.1) is 3.57 Å². The number of halogens is 1. The number of rotatable bonds is 1. The molecule has 0 aromatic heterocycles. The van der Waals surface area contributed by atoms with Crippen molar-refractivity contribution in [2.24, 2.45) is 5.16 Å². The van der Waals surface area contributed by atoms with Crippen LogP contribution < -0.4 is 0 Å². The Morgan fingerprint density at radius 1 is 1.30 bits per heavy atom. The van der Waals surface area contributed by atoms with E-state index in [9.17, 15) is 0 Å². The molecule has 0 atom stereocenters. The molecule has 0 saturated carbocycles. The summed E-state index contributed by atoms with van der Waals surface area (Å²) in [6.45, 7) is 0. The average molecular weight is 247 g/mol. The van der Waals surface area contributed by atoms with Crippen LogP contribution in [0.5, 0.6) is 0 Å². The molecule has 0 aliphatic heterocycles. The molecule has 0 heterocycles. The Balaban J connectivity index is 2.89. The van der Waals surface area contributed by atoms with Gasteiger partial charge < -0.3 is 5.21 Å². The lowest BCUT2D eigenvalue weighted by atomic mass is 10.2. The molecule has 0 bridgehead atoms. The van der Waals surface area contributed by atoms with Crippen molar-refractivity contribution in [1.29, 1.82) is 0 Å². The molecule has 0 aliphatic carbocycles. The first-order valence-electron chi connectivity index (χ1n) is 2.76. The van der Waals surface area contributed by atoms with E-state index in [2.05, 4.69) is 27.7 Å². The van der Waals surface area contributed by atoms with Crippen LogP contribution in [-0.2, 0) is 0 Å². The van der Waals surface area contributed by atoms with Crippen LogP contribution in [0.4, 0.5) is 0 Å². The van der Waals surface area contributed by atoms with Crippen LogP contribution >= 0.6 is 22.6 Å². The van der Waals surface area contributed by atoms with Gasteiger partial charge in [0, 0.05) is 3.57 Å². The Hall–Kier alpha value is -0.580. The second kappa shape index (κ2) is 3.55. The summed E-state index contributed by atoms with van der Waals surface area (Å²) in [6, 6.07) is 7.69. The maximum absolute atomic E-state index is 8.16. The summed E-state index contributed by atoms with van der Waals surface area (Å²) >= 11 is 2.22. The van der Waals surface area contributed by atoms with Gasteiger partial charge in [-0.3, -0.25) is 0 Å². The smallest absolute Gasteiger partial charge is 0.0733 e. The van der Waals surface area contributed by atoms with Crippen molar-refractivity contribution < 1.29 is 5.21 Å². The monoisotopic (exact) mass is 247 g/mol. The van der Waals surface area contributed by atoms with Gasteiger partial charge in [0.05, 0.1) is 6.21 Å². The summed E-state index contributed by atoms with van der Waals surface area (Å²) < 4.78 is 1.17. The molecule has 2 nitrogen and oxygen atoms in total. The first-order valence-corrected chi connectivity index (χ1v) is 3.84. The van der Waals surface area contributed by atoms with E-state index in [1.165, 1.54) is 9.78 Å². The second-order valence-corrected chi connectivity index (χ2v) is 3.04. The van der Waals surface area contributed by atoms with Gasteiger partial charge in [0.2, 0.25) is 0 Å². The summed E-state index contributed by atoms with van der Waals surface area (Å²) in [5.74, 6) is 0. The molecule has 1 aromatic carbocycles. The minimum Gasteiger partial charge on any atom is -0.411 e. The molecule has 1 N–H and O–H groups in total. The van der Waals surface area contributed by atoms with Crippen LogP contribution in [0.1, 0.15) is 5.56 Å². The fourth-order valence-corrected chi connectivity index (χ4v) is 0.975. The number of hydrogen-bond acceptors (Lipinski definition) is 2. The van der Waals surface area contributed by atoms with Gasteiger partial charge in [0.1, 0.15) is 0 Å². The van der Waals surface area contributed by atoms with Crippen LogP contribution in [0.2, 0.25) is 0 Å². The normalized spacial score (nSPS) is 10.5. The highest BCUT2D eigenvalue weighted by Gasteiger charge is 1.86. The number of oxime groups is 1.